The summed E-state index contributed by atoms with van der Waals surface area (Å²) in [6.07, 6.45) is 3.94. The first-order chi connectivity index (χ1) is 16.6. The van der Waals surface area contributed by atoms with E-state index in [0.717, 1.165) is 0 Å². The largest absolute Gasteiger partial charge is 0.497 e. The van der Waals surface area contributed by atoms with Crippen molar-refractivity contribution in [3.8, 4) is 28.6 Å². The number of carbonyl (C=O) groups is 1. The Kier molecular flexibility index (Phi) is 7.41. The van der Waals surface area contributed by atoms with Crippen molar-refractivity contribution in [2.24, 2.45) is 5.92 Å². The quantitative estimate of drug-likeness (QED) is 0.471. The lowest BCUT2D eigenvalue weighted by atomic mass is 9.86. The first-order valence-electron chi connectivity index (χ1n) is 11.3. The Morgan fingerprint density at radius 3 is 2.50 bits per heavy atom. The summed E-state index contributed by atoms with van der Waals surface area (Å²) >= 11 is 0. The minimum absolute atomic E-state index is 0.101. The van der Waals surface area contributed by atoms with E-state index in [2.05, 4.69) is 20.5 Å². The van der Waals surface area contributed by atoms with E-state index in [9.17, 15) is 9.59 Å². The third-order valence-corrected chi connectivity index (χ3v) is 5.86. The van der Waals surface area contributed by atoms with Gasteiger partial charge in [-0.05, 0) is 61.2 Å². The number of aromatic nitrogens is 3. The van der Waals surface area contributed by atoms with Crippen LogP contribution in [0.5, 0.6) is 17.2 Å². The number of amides is 1. The molecule has 3 aromatic rings. The van der Waals surface area contributed by atoms with E-state index in [0.29, 0.717) is 46.8 Å². The maximum absolute atomic E-state index is 12.5. The summed E-state index contributed by atoms with van der Waals surface area (Å²) in [5.74, 6) is 2.63. The zero-order valence-electron chi connectivity index (χ0n) is 19.3. The number of ether oxygens (including phenoxy) is 3. The highest BCUT2D eigenvalue weighted by Gasteiger charge is 2.19. The third-order valence-electron chi connectivity index (χ3n) is 5.86. The lowest BCUT2D eigenvalue weighted by molar-refractivity contribution is -0.116. The molecule has 2 aromatic carbocycles. The van der Waals surface area contributed by atoms with Gasteiger partial charge >= 0.3 is 0 Å². The second-order valence-electron chi connectivity index (χ2n) is 8.20. The summed E-state index contributed by atoms with van der Waals surface area (Å²) in [5, 5.41) is 11.0. The van der Waals surface area contributed by atoms with Gasteiger partial charge in [-0.1, -0.05) is 6.42 Å². The first kappa shape index (κ1) is 23.3. The van der Waals surface area contributed by atoms with Gasteiger partial charge in [-0.25, -0.2) is 0 Å². The fraction of sp³-hybridized carbons (Fsp3) is 0.360. The normalized spacial score (nSPS) is 13.1. The van der Waals surface area contributed by atoms with Crippen LogP contribution in [0.15, 0.2) is 47.3 Å². The Balaban J connectivity index is 1.37. The second kappa shape index (κ2) is 10.8. The maximum Gasteiger partial charge on any atom is 0.273 e. The molecule has 0 saturated heterocycles. The summed E-state index contributed by atoms with van der Waals surface area (Å²) in [6, 6.07) is 12.4. The van der Waals surface area contributed by atoms with E-state index in [1.807, 2.05) is 6.07 Å². The first-order valence-corrected chi connectivity index (χ1v) is 11.3. The Labute approximate surface area is 197 Å². The van der Waals surface area contributed by atoms with Crippen LogP contribution in [0.25, 0.3) is 11.4 Å². The number of nitrogens with zero attached hydrogens (tertiary/aromatic N) is 2. The molecule has 0 unspecified atom stereocenters. The van der Waals surface area contributed by atoms with Crippen LogP contribution in [-0.4, -0.2) is 41.9 Å². The van der Waals surface area contributed by atoms with E-state index in [1.54, 1.807) is 50.6 Å². The molecule has 0 spiro atoms. The molecule has 1 fully saturated rings. The Bertz CT molecular complexity index is 1190. The number of H-pyrrole nitrogens is 1. The van der Waals surface area contributed by atoms with Crippen molar-refractivity contribution in [3.05, 3.63) is 58.5 Å². The van der Waals surface area contributed by atoms with Crippen molar-refractivity contribution in [1.29, 1.82) is 0 Å². The average molecular weight is 465 g/mol. The number of hydrogen-bond acceptors (Lipinski definition) is 7. The van der Waals surface area contributed by atoms with E-state index < -0.39 is 0 Å². The molecule has 0 atom stereocenters. The Morgan fingerprint density at radius 2 is 1.85 bits per heavy atom. The van der Waals surface area contributed by atoms with Crippen LogP contribution in [0.2, 0.25) is 0 Å². The van der Waals surface area contributed by atoms with Crippen LogP contribution in [0.3, 0.4) is 0 Å². The van der Waals surface area contributed by atoms with Crippen LogP contribution in [0.1, 0.15) is 31.4 Å². The van der Waals surface area contributed by atoms with E-state index >= 15 is 0 Å². The smallest absolute Gasteiger partial charge is 0.273 e. The van der Waals surface area contributed by atoms with Gasteiger partial charge in [0, 0.05) is 24.1 Å². The number of nitrogens with one attached hydrogen (secondary N) is 2. The molecule has 178 valence electrons. The van der Waals surface area contributed by atoms with Crippen LogP contribution < -0.4 is 25.1 Å². The number of rotatable bonds is 10. The predicted octanol–water partition coefficient (Wildman–Crippen LogP) is 3.60. The number of carbonyl (C=O) groups excluding carboxylic acids is 1. The van der Waals surface area contributed by atoms with Gasteiger partial charge < -0.3 is 24.5 Å². The van der Waals surface area contributed by atoms with Crippen LogP contribution >= 0.6 is 0 Å². The number of anilines is 1. The molecule has 0 aliphatic heterocycles. The van der Waals surface area contributed by atoms with Crippen molar-refractivity contribution < 1.29 is 19.0 Å². The lowest BCUT2D eigenvalue weighted by Gasteiger charge is -2.25. The minimum atomic E-state index is -0.383. The van der Waals surface area contributed by atoms with Crippen molar-refractivity contribution >= 4 is 11.6 Å². The second-order valence-corrected chi connectivity index (χ2v) is 8.20. The molecule has 1 aromatic heterocycles. The molecule has 0 radical (unpaired) electrons. The summed E-state index contributed by atoms with van der Waals surface area (Å²) in [7, 11) is 3.15. The molecule has 1 amide bonds. The molecule has 1 aliphatic carbocycles. The highest BCUT2D eigenvalue weighted by atomic mass is 16.5. The highest BCUT2D eigenvalue weighted by Crippen LogP contribution is 2.33. The molecule has 1 aliphatic rings. The summed E-state index contributed by atoms with van der Waals surface area (Å²) in [5.41, 5.74) is 1.11. The van der Waals surface area contributed by atoms with Crippen molar-refractivity contribution in [3.63, 3.8) is 0 Å². The molecule has 9 nitrogen and oxygen atoms in total. The Morgan fingerprint density at radius 1 is 1.06 bits per heavy atom. The van der Waals surface area contributed by atoms with Gasteiger partial charge in [0.25, 0.3) is 5.56 Å². The zero-order chi connectivity index (χ0) is 23.9. The maximum atomic E-state index is 12.5. The lowest BCUT2D eigenvalue weighted by Crippen LogP contribution is -2.20. The molecule has 9 heteroatoms. The predicted molar refractivity (Wildman–Crippen MR) is 127 cm³/mol. The standard InChI is InChI=1S/C25H28N4O5/c1-32-19-9-7-18(8-10-19)26-23(30)13-11-20-25(31)27-24(29-28-20)17-6-12-21(22(14-17)33-2)34-15-16-4-3-5-16/h6-10,12,14,16H,3-5,11,13,15H2,1-2H3,(H,26,30)(H,27,29,31). The summed E-state index contributed by atoms with van der Waals surface area (Å²) in [6.45, 7) is 0.674. The molecular weight excluding hydrogens is 436 g/mol. The monoisotopic (exact) mass is 464 g/mol. The van der Waals surface area contributed by atoms with Crippen molar-refractivity contribution in [2.75, 3.05) is 26.1 Å². The molecule has 0 bridgehead atoms. The van der Waals surface area contributed by atoms with Gasteiger partial charge in [-0.15, -0.1) is 10.2 Å². The van der Waals surface area contributed by atoms with Crippen LogP contribution in [0.4, 0.5) is 5.69 Å². The van der Waals surface area contributed by atoms with Gasteiger partial charge in [0.15, 0.2) is 17.3 Å². The minimum Gasteiger partial charge on any atom is -0.497 e. The van der Waals surface area contributed by atoms with Gasteiger partial charge in [-0.2, -0.15) is 0 Å². The number of hydrogen-bond donors (Lipinski definition) is 2. The Hall–Kier alpha value is -3.88. The highest BCUT2D eigenvalue weighted by molar-refractivity contribution is 5.90. The number of aryl methyl sites for hydroxylation is 1. The average Bonchev–Trinajstić information content (AvgIpc) is 2.83. The molecule has 4 rings (SSSR count). The number of aromatic amines is 1. The van der Waals surface area contributed by atoms with Gasteiger partial charge in [0.2, 0.25) is 5.91 Å². The third kappa shape index (κ3) is 5.72. The molecule has 2 N–H and O–H groups in total. The number of methoxy groups -OCH3 is 2. The van der Waals surface area contributed by atoms with Crippen LogP contribution in [-0.2, 0) is 11.2 Å². The SMILES string of the molecule is COc1ccc(NC(=O)CCc2nnc(-c3ccc(OCC4CCC4)c(OC)c3)[nH]c2=O)cc1. The molecule has 1 saturated carbocycles. The van der Waals surface area contributed by atoms with E-state index in [4.69, 9.17) is 14.2 Å². The zero-order valence-corrected chi connectivity index (χ0v) is 19.3. The van der Waals surface area contributed by atoms with E-state index in [1.165, 1.54) is 19.3 Å². The van der Waals surface area contributed by atoms with Crippen molar-refractivity contribution in [2.45, 2.75) is 32.1 Å². The van der Waals surface area contributed by atoms with Crippen molar-refractivity contribution in [1.82, 2.24) is 15.2 Å². The summed E-state index contributed by atoms with van der Waals surface area (Å²) < 4.78 is 16.5. The fourth-order valence-corrected chi connectivity index (χ4v) is 3.58. The molecule has 34 heavy (non-hydrogen) atoms. The van der Waals surface area contributed by atoms with Gasteiger partial charge in [0.05, 0.1) is 20.8 Å². The van der Waals surface area contributed by atoms with Gasteiger partial charge in [0.1, 0.15) is 11.4 Å². The van der Waals surface area contributed by atoms with E-state index in [-0.39, 0.29) is 30.0 Å². The summed E-state index contributed by atoms with van der Waals surface area (Å²) in [4.78, 5) is 27.5. The molecule has 1 heterocycles. The fourth-order valence-electron chi connectivity index (χ4n) is 3.58. The van der Waals surface area contributed by atoms with Crippen LogP contribution in [0, 0.1) is 5.92 Å². The number of benzene rings is 2. The topological polar surface area (TPSA) is 115 Å². The molecular formula is C25H28N4O5. The van der Waals surface area contributed by atoms with Gasteiger partial charge in [-0.3, -0.25) is 9.59 Å².